The fraction of sp³-hybridized carbons (Fsp3) is 0.0714. The van der Waals surface area contributed by atoms with Gasteiger partial charge in [0.05, 0.1) is 11.9 Å². The van der Waals surface area contributed by atoms with E-state index in [1.54, 1.807) is 24.3 Å². The van der Waals surface area contributed by atoms with Gasteiger partial charge in [-0.05, 0) is 29.8 Å². The van der Waals surface area contributed by atoms with Gasteiger partial charge in [-0.2, -0.15) is 4.98 Å². The number of rotatable bonds is 3. The van der Waals surface area contributed by atoms with Gasteiger partial charge in [0.2, 0.25) is 0 Å². The van der Waals surface area contributed by atoms with Crippen molar-refractivity contribution in [3.8, 4) is 11.6 Å². The van der Waals surface area contributed by atoms with Gasteiger partial charge in [0, 0.05) is 6.42 Å². The molecule has 2 N–H and O–H groups in total. The number of aromatic nitrogens is 3. The number of halogens is 1. The topological polar surface area (TPSA) is 77.8 Å². The van der Waals surface area contributed by atoms with Crippen LogP contribution in [0.4, 0.5) is 10.1 Å². The SMILES string of the molecule is Nc1ccc(-c2nc(Cc3ccc(F)cc3)no2)nc1. The van der Waals surface area contributed by atoms with Crippen molar-refractivity contribution in [1.29, 1.82) is 0 Å². The normalized spacial score (nSPS) is 10.7. The third kappa shape index (κ3) is 2.64. The lowest BCUT2D eigenvalue weighted by Gasteiger charge is -1.95. The van der Waals surface area contributed by atoms with Gasteiger partial charge in [0.1, 0.15) is 11.5 Å². The minimum absolute atomic E-state index is 0.270. The predicted molar refractivity (Wildman–Crippen MR) is 71.1 cm³/mol. The predicted octanol–water partition coefficient (Wildman–Crippen LogP) is 2.44. The van der Waals surface area contributed by atoms with E-state index in [0.717, 1.165) is 5.56 Å². The van der Waals surface area contributed by atoms with Gasteiger partial charge in [0.15, 0.2) is 5.82 Å². The molecule has 20 heavy (non-hydrogen) atoms. The summed E-state index contributed by atoms with van der Waals surface area (Å²) >= 11 is 0. The first-order valence-corrected chi connectivity index (χ1v) is 5.99. The third-order valence-electron chi connectivity index (χ3n) is 2.75. The summed E-state index contributed by atoms with van der Waals surface area (Å²) in [6.45, 7) is 0. The molecule has 0 saturated carbocycles. The van der Waals surface area contributed by atoms with Crippen LogP contribution in [0.1, 0.15) is 11.4 Å². The lowest BCUT2D eigenvalue weighted by molar-refractivity contribution is 0.422. The Balaban J connectivity index is 1.80. The Morgan fingerprint density at radius 2 is 1.90 bits per heavy atom. The Labute approximate surface area is 114 Å². The second-order valence-electron chi connectivity index (χ2n) is 4.30. The molecule has 0 unspecified atom stereocenters. The molecule has 0 atom stereocenters. The van der Waals surface area contributed by atoms with Crippen molar-refractivity contribution in [2.45, 2.75) is 6.42 Å². The highest BCUT2D eigenvalue weighted by atomic mass is 19.1. The van der Waals surface area contributed by atoms with E-state index in [1.807, 2.05) is 0 Å². The first-order chi connectivity index (χ1) is 9.70. The van der Waals surface area contributed by atoms with E-state index in [1.165, 1.54) is 18.3 Å². The Bertz CT molecular complexity index is 707. The number of pyridine rings is 1. The Hall–Kier alpha value is -2.76. The van der Waals surface area contributed by atoms with Crippen LogP contribution in [0, 0.1) is 5.82 Å². The molecule has 0 aliphatic heterocycles. The lowest BCUT2D eigenvalue weighted by atomic mass is 10.1. The zero-order valence-electron chi connectivity index (χ0n) is 10.5. The van der Waals surface area contributed by atoms with Crippen LogP contribution in [0.5, 0.6) is 0 Å². The molecule has 0 fully saturated rings. The van der Waals surface area contributed by atoms with E-state index in [0.29, 0.717) is 29.5 Å². The summed E-state index contributed by atoms with van der Waals surface area (Å²) in [6, 6.07) is 9.60. The van der Waals surface area contributed by atoms with E-state index < -0.39 is 0 Å². The van der Waals surface area contributed by atoms with Gasteiger partial charge in [-0.3, -0.25) is 0 Å². The van der Waals surface area contributed by atoms with Crippen molar-refractivity contribution in [3.05, 3.63) is 59.8 Å². The molecule has 5 nitrogen and oxygen atoms in total. The highest BCUT2D eigenvalue weighted by Gasteiger charge is 2.10. The van der Waals surface area contributed by atoms with E-state index >= 15 is 0 Å². The van der Waals surface area contributed by atoms with Crippen molar-refractivity contribution >= 4 is 5.69 Å². The second-order valence-corrected chi connectivity index (χ2v) is 4.30. The fourth-order valence-corrected chi connectivity index (χ4v) is 1.75. The van der Waals surface area contributed by atoms with Gasteiger partial charge in [-0.15, -0.1) is 0 Å². The summed E-state index contributed by atoms with van der Waals surface area (Å²) in [5.74, 6) is 0.584. The molecule has 0 spiro atoms. The first kappa shape index (κ1) is 12.3. The van der Waals surface area contributed by atoms with Gasteiger partial charge in [-0.25, -0.2) is 9.37 Å². The minimum atomic E-state index is -0.270. The van der Waals surface area contributed by atoms with E-state index in [4.69, 9.17) is 10.3 Å². The van der Waals surface area contributed by atoms with Crippen LogP contribution in [0.15, 0.2) is 47.1 Å². The largest absolute Gasteiger partial charge is 0.397 e. The molecular weight excluding hydrogens is 259 g/mol. The molecule has 0 amide bonds. The summed E-state index contributed by atoms with van der Waals surface area (Å²) in [5, 5.41) is 3.88. The van der Waals surface area contributed by atoms with Gasteiger partial charge >= 0.3 is 0 Å². The zero-order chi connectivity index (χ0) is 13.9. The van der Waals surface area contributed by atoms with E-state index in [9.17, 15) is 4.39 Å². The molecule has 2 heterocycles. The van der Waals surface area contributed by atoms with Crippen LogP contribution < -0.4 is 5.73 Å². The molecule has 0 radical (unpaired) electrons. The number of nitrogens with zero attached hydrogens (tertiary/aromatic N) is 3. The second kappa shape index (κ2) is 5.08. The number of nitrogen functional groups attached to an aromatic ring is 1. The third-order valence-corrected chi connectivity index (χ3v) is 2.75. The maximum absolute atomic E-state index is 12.8. The number of hydrogen-bond donors (Lipinski definition) is 1. The van der Waals surface area contributed by atoms with E-state index in [-0.39, 0.29) is 5.82 Å². The molecule has 0 bridgehead atoms. The average molecular weight is 270 g/mol. The van der Waals surface area contributed by atoms with Crippen molar-refractivity contribution < 1.29 is 8.91 Å². The standard InChI is InChI=1S/C14H11FN4O/c15-10-3-1-9(2-4-10)7-13-18-14(20-19-13)12-6-5-11(16)8-17-12/h1-6,8H,7,16H2. The van der Waals surface area contributed by atoms with Crippen LogP contribution in [0.25, 0.3) is 11.6 Å². The zero-order valence-corrected chi connectivity index (χ0v) is 10.5. The van der Waals surface area contributed by atoms with Crippen LogP contribution in [0.3, 0.4) is 0 Å². The molecule has 1 aromatic carbocycles. The van der Waals surface area contributed by atoms with Gasteiger partial charge in [-0.1, -0.05) is 17.3 Å². The monoisotopic (exact) mass is 270 g/mol. The van der Waals surface area contributed by atoms with Crippen molar-refractivity contribution in [1.82, 2.24) is 15.1 Å². The number of hydrogen-bond acceptors (Lipinski definition) is 5. The van der Waals surface area contributed by atoms with Crippen molar-refractivity contribution in [3.63, 3.8) is 0 Å². The first-order valence-electron chi connectivity index (χ1n) is 5.99. The summed E-state index contributed by atoms with van der Waals surface area (Å²) in [7, 11) is 0. The number of benzene rings is 1. The van der Waals surface area contributed by atoms with Crippen LogP contribution in [-0.4, -0.2) is 15.1 Å². The highest BCUT2D eigenvalue weighted by molar-refractivity contribution is 5.50. The average Bonchev–Trinajstić information content (AvgIpc) is 2.91. The molecular formula is C14H11FN4O. The van der Waals surface area contributed by atoms with Crippen LogP contribution >= 0.6 is 0 Å². The Morgan fingerprint density at radius 1 is 1.10 bits per heavy atom. The molecule has 0 aliphatic carbocycles. The van der Waals surface area contributed by atoms with Crippen LogP contribution in [0.2, 0.25) is 0 Å². The van der Waals surface area contributed by atoms with Crippen molar-refractivity contribution in [2.24, 2.45) is 0 Å². The quantitative estimate of drug-likeness (QED) is 0.790. The smallest absolute Gasteiger partial charge is 0.276 e. The van der Waals surface area contributed by atoms with Gasteiger partial charge < -0.3 is 10.3 Å². The molecule has 100 valence electrons. The molecule has 2 aromatic heterocycles. The summed E-state index contributed by atoms with van der Waals surface area (Å²) in [6.07, 6.45) is 2.00. The lowest BCUT2D eigenvalue weighted by Crippen LogP contribution is -1.92. The Kier molecular flexibility index (Phi) is 3.12. The minimum Gasteiger partial charge on any atom is -0.397 e. The maximum atomic E-state index is 12.8. The van der Waals surface area contributed by atoms with E-state index in [2.05, 4.69) is 15.1 Å². The van der Waals surface area contributed by atoms with Crippen LogP contribution in [-0.2, 0) is 6.42 Å². The summed E-state index contributed by atoms with van der Waals surface area (Å²) < 4.78 is 18.0. The molecule has 6 heteroatoms. The molecule has 3 rings (SSSR count). The maximum Gasteiger partial charge on any atom is 0.276 e. The Morgan fingerprint density at radius 3 is 2.60 bits per heavy atom. The highest BCUT2D eigenvalue weighted by Crippen LogP contribution is 2.16. The number of nitrogens with two attached hydrogens (primary N) is 1. The molecule has 0 aliphatic rings. The number of anilines is 1. The van der Waals surface area contributed by atoms with Crippen molar-refractivity contribution in [2.75, 3.05) is 5.73 Å². The summed E-state index contributed by atoms with van der Waals surface area (Å²) in [4.78, 5) is 8.36. The summed E-state index contributed by atoms with van der Waals surface area (Å²) in [5.41, 5.74) is 7.61. The molecule has 3 aromatic rings. The fourth-order valence-electron chi connectivity index (χ4n) is 1.75. The molecule has 0 saturated heterocycles. The van der Waals surface area contributed by atoms with Gasteiger partial charge in [0.25, 0.3) is 5.89 Å².